The van der Waals surface area contributed by atoms with Crippen LogP contribution in [0.2, 0.25) is 5.02 Å². The van der Waals surface area contributed by atoms with E-state index in [2.05, 4.69) is 39.5 Å². The molecule has 1 N–H and O–H groups in total. The molecule has 0 spiro atoms. The third kappa shape index (κ3) is 3.77. The molecule has 1 aromatic heterocycles. The highest BCUT2D eigenvalue weighted by Crippen LogP contribution is 2.31. The maximum atomic E-state index is 12.2. The topological polar surface area (TPSA) is 48.5 Å². The second-order valence-corrected chi connectivity index (χ2v) is 7.82. The van der Waals surface area contributed by atoms with E-state index in [0.717, 1.165) is 54.7 Å². The molecule has 0 fully saturated rings. The van der Waals surface area contributed by atoms with Crippen molar-refractivity contribution in [3.8, 4) is 0 Å². The van der Waals surface area contributed by atoms with Gasteiger partial charge >= 0.3 is 0 Å². The van der Waals surface area contributed by atoms with Crippen molar-refractivity contribution in [2.24, 2.45) is 0 Å². The number of hydrogen-bond acceptors (Lipinski definition) is 4. The fraction of sp³-hybridized carbons (Fsp3) is 0.364. The van der Waals surface area contributed by atoms with E-state index in [0.29, 0.717) is 0 Å². The van der Waals surface area contributed by atoms with Gasteiger partial charge in [-0.2, -0.15) is 0 Å². The van der Waals surface area contributed by atoms with Crippen LogP contribution in [0, 0.1) is 0 Å². The zero-order valence-corrected chi connectivity index (χ0v) is 17.0. The molecule has 2 aliphatic heterocycles. The fourth-order valence-corrected chi connectivity index (χ4v) is 4.06. The molecule has 4 rings (SSSR count). The first-order valence-electron chi connectivity index (χ1n) is 9.79. The van der Waals surface area contributed by atoms with Crippen molar-refractivity contribution < 1.29 is 4.79 Å². The Balaban J connectivity index is 1.45. The maximum Gasteiger partial charge on any atom is 0.246 e. The molecule has 28 heavy (non-hydrogen) atoms. The number of nitrogens with zero attached hydrogens (tertiary/aromatic N) is 3. The standard InChI is InChI=1S/C22H25ClN4O/c1-3-27-15(2)22(28)25-20-12-16(13-24-21(20)27)14-26-10-8-18(9-11-26)17-4-6-19(23)7-5-17/h4-8,12-13,15H,3,9-11,14H2,1-2H3,(H,25,28). The summed E-state index contributed by atoms with van der Waals surface area (Å²) < 4.78 is 0. The number of pyridine rings is 1. The predicted molar refractivity (Wildman–Crippen MR) is 115 cm³/mol. The summed E-state index contributed by atoms with van der Waals surface area (Å²) in [7, 11) is 0. The highest BCUT2D eigenvalue weighted by atomic mass is 35.5. The lowest BCUT2D eigenvalue weighted by molar-refractivity contribution is -0.117. The summed E-state index contributed by atoms with van der Waals surface area (Å²) in [6.07, 6.45) is 5.24. The Morgan fingerprint density at radius 2 is 2.07 bits per heavy atom. The number of hydrogen-bond donors (Lipinski definition) is 1. The lowest BCUT2D eigenvalue weighted by Gasteiger charge is -2.34. The van der Waals surface area contributed by atoms with E-state index in [4.69, 9.17) is 11.6 Å². The van der Waals surface area contributed by atoms with Gasteiger partial charge in [0.1, 0.15) is 6.04 Å². The van der Waals surface area contributed by atoms with Gasteiger partial charge in [-0.15, -0.1) is 0 Å². The highest BCUT2D eigenvalue weighted by Gasteiger charge is 2.29. The first kappa shape index (κ1) is 19.0. The molecule has 1 unspecified atom stereocenters. The van der Waals surface area contributed by atoms with Crippen LogP contribution in [0.3, 0.4) is 0 Å². The monoisotopic (exact) mass is 396 g/mol. The minimum Gasteiger partial charge on any atom is -0.343 e. The number of carbonyl (C=O) groups excluding carboxylic acids is 1. The molecule has 1 aromatic carbocycles. The molecular formula is C22H25ClN4O. The lowest BCUT2D eigenvalue weighted by Crippen LogP contribution is -2.46. The molecule has 146 valence electrons. The number of rotatable bonds is 4. The number of likely N-dealkylation sites (N-methyl/N-ethyl adjacent to an activating group) is 1. The molecule has 5 nitrogen and oxygen atoms in total. The zero-order chi connectivity index (χ0) is 19.7. The molecule has 0 aliphatic carbocycles. The molecule has 0 bridgehead atoms. The largest absolute Gasteiger partial charge is 0.343 e. The quantitative estimate of drug-likeness (QED) is 0.841. The number of anilines is 2. The van der Waals surface area contributed by atoms with Crippen LogP contribution < -0.4 is 10.2 Å². The minimum absolute atomic E-state index is 0.0295. The van der Waals surface area contributed by atoms with Gasteiger partial charge in [-0.1, -0.05) is 29.8 Å². The average molecular weight is 397 g/mol. The SMILES string of the molecule is CCN1c2ncc(CN3CC=C(c4ccc(Cl)cc4)CC3)cc2NC(=O)C1C. The van der Waals surface area contributed by atoms with Gasteiger partial charge in [0.2, 0.25) is 5.91 Å². The lowest BCUT2D eigenvalue weighted by atomic mass is 9.99. The van der Waals surface area contributed by atoms with Gasteiger partial charge in [0, 0.05) is 37.4 Å². The molecule has 2 aromatic rings. The van der Waals surface area contributed by atoms with E-state index in [9.17, 15) is 4.79 Å². The van der Waals surface area contributed by atoms with Crippen LogP contribution in [0.1, 0.15) is 31.4 Å². The average Bonchev–Trinajstić information content (AvgIpc) is 2.70. The third-order valence-corrected chi connectivity index (χ3v) is 5.81. The van der Waals surface area contributed by atoms with Gasteiger partial charge in [0.25, 0.3) is 0 Å². The molecule has 0 saturated heterocycles. The Hall–Kier alpha value is -2.37. The number of fused-ring (bicyclic) bond motifs is 1. The predicted octanol–water partition coefficient (Wildman–Crippen LogP) is 4.19. The Morgan fingerprint density at radius 3 is 2.75 bits per heavy atom. The molecule has 0 saturated carbocycles. The number of benzene rings is 1. The van der Waals surface area contributed by atoms with Crippen molar-refractivity contribution in [1.29, 1.82) is 0 Å². The van der Waals surface area contributed by atoms with Crippen LogP contribution >= 0.6 is 11.6 Å². The van der Waals surface area contributed by atoms with E-state index in [-0.39, 0.29) is 11.9 Å². The molecule has 6 heteroatoms. The molecule has 1 atom stereocenters. The van der Waals surface area contributed by atoms with Crippen LogP contribution in [0.25, 0.3) is 5.57 Å². The van der Waals surface area contributed by atoms with Gasteiger partial charge in [0.15, 0.2) is 5.82 Å². The second-order valence-electron chi connectivity index (χ2n) is 7.39. The van der Waals surface area contributed by atoms with Crippen molar-refractivity contribution in [3.63, 3.8) is 0 Å². The van der Waals surface area contributed by atoms with Crippen molar-refractivity contribution in [2.75, 3.05) is 29.9 Å². The Kier molecular flexibility index (Phi) is 5.38. The number of nitrogens with one attached hydrogen (secondary N) is 1. The van der Waals surface area contributed by atoms with Crippen LogP contribution in [0.5, 0.6) is 0 Å². The molecule has 1 amide bonds. The van der Waals surface area contributed by atoms with Crippen molar-refractivity contribution in [2.45, 2.75) is 32.9 Å². The van der Waals surface area contributed by atoms with E-state index in [1.807, 2.05) is 37.1 Å². The van der Waals surface area contributed by atoms with Crippen molar-refractivity contribution >= 4 is 34.6 Å². The van der Waals surface area contributed by atoms with E-state index >= 15 is 0 Å². The Morgan fingerprint density at radius 1 is 1.29 bits per heavy atom. The normalized spacial score (nSPS) is 19.8. The minimum atomic E-state index is -0.186. The van der Waals surface area contributed by atoms with Crippen LogP contribution in [-0.2, 0) is 11.3 Å². The van der Waals surface area contributed by atoms with Gasteiger partial charge in [-0.3, -0.25) is 9.69 Å². The molecule has 0 radical (unpaired) electrons. The summed E-state index contributed by atoms with van der Waals surface area (Å²) >= 11 is 5.99. The zero-order valence-electron chi connectivity index (χ0n) is 16.3. The first-order valence-corrected chi connectivity index (χ1v) is 10.2. The van der Waals surface area contributed by atoms with Crippen molar-refractivity contribution in [1.82, 2.24) is 9.88 Å². The smallest absolute Gasteiger partial charge is 0.246 e. The second kappa shape index (κ2) is 7.94. The summed E-state index contributed by atoms with van der Waals surface area (Å²) in [5.74, 6) is 0.892. The summed E-state index contributed by atoms with van der Waals surface area (Å²) in [6.45, 7) is 7.44. The van der Waals surface area contributed by atoms with Crippen molar-refractivity contribution in [3.05, 3.63) is 58.8 Å². The van der Waals surface area contributed by atoms with E-state index in [1.165, 1.54) is 11.1 Å². The number of halogens is 1. The van der Waals surface area contributed by atoms with Crippen LogP contribution in [-0.4, -0.2) is 41.5 Å². The Labute approximate surface area is 171 Å². The summed E-state index contributed by atoms with van der Waals surface area (Å²) in [5, 5.41) is 3.77. The number of aromatic nitrogens is 1. The first-order chi connectivity index (χ1) is 13.5. The third-order valence-electron chi connectivity index (χ3n) is 5.56. The van der Waals surface area contributed by atoms with Gasteiger partial charge < -0.3 is 10.2 Å². The van der Waals surface area contributed by atoms with Crippen LogP contribution in [0.15, 0.2) is 42.6 Å². The van der Waals surface area contributed by atoms with Gasteiger partial charge in [-0.25, -0.2) is 4.98 Å². The highest BCUT2D eigenvalue weighted by molar-refractivity contribution is 6.30. The van der Waals surface area contributed by atoms with Gasteiger partial charge in [-0.05, 0) is 55.2 Å². The van der Waals surface area contributed by atoms with Gasteiger partial charge in [0.05, 0.1) is 5.69 Å². The fourth-order valence-electron chi connectivity index (χ4n) is 3.93. The number of amides is 1. The summed E-state index contributed by atoms with van der Waals surface area (Å²) in [6, 6.07) is 9.93. The summed E-state index contributed by atoms with van der Waals surface area (Å²) in [4.78, 5) is 21.3. The van der Waals surface area contributed by atoms with E-state index < -0.39 is 0 Å². The molecular weight excluding hydrogens is 372 g/mol. The molecule has 3 heterocycles. The maximum absolute atomic E-state index is 12.2. The number of carbonyl (C=O) groups is 1. The van der Waals surface area contributed by atoms with Crippen LogP contribution in [0.4, 0.5) is 11.5 Å². The van der Waals surface area contributed by atoms with E-state index in [1.54, 1.807) is 0 Å². The summed E-state index contributed by atoms with van der Waals surface area (Å²) in [5.41, 5.74) is 4.55. The molecule has 2 aliphatic rings. The Bertz CT molecular complexity index is 909.